The third-order valence-electron chi connectivity index (χ3n) is 4.13. The summed E-state index contributed by atoms with van der Waals surface area (Å²) in [5.74, 6) is 0.320. The van der Waals surface area contributed by atoms with E-state index in [2.05, 4.69) is 15.3 Å². The number of sulfonamides is 1. The van der Waals surface area contributed by atoms with Gasteiger partial charge in [0.25, 0.3) is 0 Å². The monoisotopic (exact) mass is 323 g/mol. The molecule has 1 saturated heterocycles. The van der Waals surface area contributed by atoms with Crippen molar-refractivity contribution in [3.63, 3.8) is 0 Å². The number of rotatable bonds is 4. The van der Waals surface area contributed by atoms with Gasteiger partial charge in [0, 0.05) is 38.2 Å². The minimum atomic E-state index is -3.46. The van der Waals surface area contributed by atoms with E-state index in [1.54, 1.807) is 35.4 Å². The minimum Gasteiger partial charge on any atom is -0.283 e. The summed E-state index contributed by atoms with van der Waals surface area (Å²) in [5.41, 5.74) is 1.61. The first-order valence-electron chi connectivity index (χ1n) is 7.45. The summed E-state index contributed by atoms with van der Waals surface area (Å²) in [7, 11) is -1.72. The van der Waals surface area contributed by atoms with E-state index in [0.717, 1.165) is 25.0 Å². The van der Waals surface area contributed by atoms with E-state index >= 15 is 0 Å². The van der Waals surface area contributed by atoms with Gasteiger partial charge >= 0.3 is 0 Å². The maximum atomic E-state index is 12.8. The fraction of sp³-hybridized carbons (Fsp3) is 0.571. The highest BCUT2D eigenvalue weighted by molar-refractivity contribution is 7.89. The molecule has 0 saturated carbocycles. The van der Waals surface area contributed by atoms with Crippen molar-refractivity contribution in [2.75, 3.05) is 13.1 Å². The van der Waals surface area contributed by atoms with Crippen LogP contribution in [0.5, 0.6) is 0 Å². The second-order valence-corrected chi connectivity index (χ2v) is 7.82. The molecule has 3 heterocycles. The summed E-state index contributed by atoms with van der Waals surface area (Å²) in [6, 6.07) is 1.94. The zero-order valence-corrected chi connectivity index (χ0v) is 13.7. The zero-order valence-electron chi connectivity index (χ0n) is 12.9. The van der Waals surface area contributed by atoms with E-state index in [1.165, 1.54) is 0 Å². The van der Waals surface area contributed by atoms with Gasteiger partial charge in [-0.2, -0.15) is 14.5 Å². The standard InChI is InChI=1S/C14H21N5O2S/c1-11-14(10-18(2)17-11)22(20,21)19-7-3-4-12(9-19)8-13-5-6-15-16-13/h5-6,10,12H,3-4,7-9H2,1-2H3,(H,15,16)/t12-/m1/s1. The van der Waals surface area contributed by atoms with Gasteiger partial charge < -0.3 is 0 Å². The second kappa shape index (κ2) is 5.85. The molecule has 3 rings (SSSR count). The second-order valence-electron chi connectivity index (χ2n) is 5.91. The van der Waals surface area contributed by atoms with Crippen molar-refractivity contribution in [1.82, 2.24) is 24.3 Å². The molecule has 0 spiro atoms. The van der Waals surface area contributed by atoms with Crippen molar-refractivity contribution in [1.29, 1.82) is 0 Å². The molecule has 1 fully saturated rings. The minimum absolute atomic E-state index is 0.317. The molecule has 0 aromatic carbocycles. The van der Waals surface area contributed by atoms with Crippen molar-refractivity contribution in [2.45, 2.75) is 31.1 Å². The van der Waals surface area contributed by atoms with Crippen molar-refractivity contribution in [3.8, 4) is 0 Å². The Bertz CT molecular complexity index is 735. The summed E-state index contributed by atoms with van der Waals surface area (Å²) >= 11 is 0. The lowest BCUT2D eigenvalue weighted by atomic mass is 9.95. The van der Waals surface area contributed by atoms with Crippen molar-refractivity contribution >= 4 is 10.0 Å². The predicted molar refractivity (Wildman–Crippen MR) is 81.7 cm³/mol. The fourth-order valence-corrected chi connectivity index (χ4v) is 4.85. The van der Waals surface area contributed by atoms with Crippen LogP contribution in [0.4, 0.5) is 0 Å². The molecule has 0 amide bonds. The van der Waals surface area contributed by atoms with E-state index in [9.17, 15) is 8.42 Å². The highest BCUT2D eigenvalue weighted by Gasteiger charge is 2.32. The molecule has 0 radical (unpaired) electrons. The molecule has 0 unspecified atom stereocenters. The first-order chi connectivity index (χ1) is 10.5. The molecule has 1 atom stereocenters. The average Bonchev–Trinajstić information content (AvgIpc) is 3.09. The molecule has 2 aromatic heterocycles. The summed E-state index contributed by atoms with van der Waals surface area (Å²) in [6.07, 6.45) is 6.07. The Kier molecular flexibility index (Phi) is 4.05. The Balaban J connectivity index is 1.77. The smallest absolute Gasteiger partial charge is 0.246 e. The number of hydrogen-bond donors (Lipinski definition) is 1. The first-order valence-corrected chi connectivity index (χ1v) is 8.89. The molecule has 1 N–H and O–H groups in total. The van der Waals surface area contributed by atoms with Crippen LogP contribution in [0.3, 0.4) is 0 Å². The summed E-state index contributed by atoms with van der Waals surface area (Å²) in [5, 5.41) is 11.0. The van der Waals surface area contributed by atoms with Crippen LogP contribution in [0.25, 0.3) is 0 Å². The lowest BCUT2D eigenvalue weighted by molar-refractivity contribution is 0.264. The lowest BCUT2D eigenvalue weighted by Crippen LogP contribution is -2.40. The third kappa shape index (κ3) is 2.93. The molecule has 22 heavy (non-hydrogen) atoms. The van der Waals surface area contributed by atoms with Gasteiger partial charge in [-0.05, 0) is 38.2 Å². The predicted octanol–water partition coefficient (Wildman–Crippen LogP) is 1.10. The van der Waals surface area contributed by atoms with Gasteiger partial charge in [-0.1, -0.05) is 0 Å². The molecule has 8 heteroatoms. The van der Waals surface area contributed by atoms with Gasteiger partial charge in [0.1, 0.15) is 4.90 Å². The molecule has 7 nitrogen and oxygen atoms in total. The fourth-order valence-electron chi connectivity index (χ4n) is 3.09. The van der Waals surface area contributed by atoms with E-state index in [-0.39, 0.29) is 0 Å². The number of aryl methyl sites for hydroxylation is 2. The number of hydrogen-bond acceptors (Lipinski definition) is 4. The first kappa shape index (κ1) is 15.2. The molecule has 1 aliphatic heterocycles. The Morgan fingerprint density at radius 1 is 1.45 bits per heavy atom. The largest absolute Gasteiger partial charge is 0.283 e. The highest BCUT2D eigenvalue weighted by Crippen LogP contribution is 2.26. The summed E-state index contributed by atoms with van der Waals surface area (Å²) < 4.78 is 28.8. The van der Waals surface area contributed by atoms with E-state index in [0.29, 0.717) is 29.6 Å². The SMILES string of the molecule is Cc1nn(C)cc1S(=O)(=O)N1CCC[C@H](Cc2ccn[nH]2)C1. The Morgan fingerprint density at radius 2 is 2.27 bits per heavy atom. The molecule has 0 bridgehead atoms. The molecular formula is C14H21N5O2S. The normalized spacial score (nSPS) is 20.4. The Morgan fingerprint density at radius 3 is 2.91 bits per heavy atom. The average molecular weight is 323 g/mol. The number of nitrogens with one attached hydrogen (secondary N) is 1. The van der Waals surface area contributed by atoms with Crippen molar-refractivity contribution in [3.05, 3.63) is 29.8 Å². The van der Waals surface area contributed by atoms with Crippen molar-refractivity contribution in [2.24, 2.45) is 13.0 Å². The van der Waals surface area contributed by atoms with Gasteiger partial charge in [-0.25, -0.2) is 8.42 Å². The van der Waals surface area contributed by atoms with Gasteiger partial charge in [0.15, 0.2) is 0 Å². The van der Waals surface area contributed by atoms with Crippen LogP contribution in [0.1, 0.15) is 24.2 Å². The summed E-state index contributed by atoms with van der Waals surface area (Å²) in [6.45, 7) is 2.87. The van der Waals surface area contributed by atoms with Crippen LogP contribution < -0.4 is 0 Å². The quantitative estimate of drug-likeness (QED) is 0.913. The highest BCUT2D eigenvalue weighted by atomic mass is 32.2. The van der Waals surface area contributed by atoms with Crippen LogP contribution in [0.15, 0.2) is 23.4 Å². The number of aromatic nitrogens is 4. The van der Waals surface area contributed by atoms with Crippen molar-refractivity contribution < 1.29 is 8.42 Å². The maximum Gasteiger partial charge on any atom is 0.246 e. The van der Waals surface area contributed by atoms with E-state index in [1.807, 2.05) is 6.07 Å². The van der Waals surface area contributed by atoms with Crippen LogP contribution in [-0.4, -0.2) is 45.8 Å². The maximum absolute atomic E-state index is 12.8. The van der Waals surface area contributed by atoms with Crippen LogP contribution in [-0.2, 0) is 23.5 Å². The third-order valence-corrected chi connectivity index (χ3v) is 6.10. The number of piperidine rings is 1. The topological polar surface area (TPSA) is 83.9 Å². The molecular weight excluding hydrogens is 302 g/mol. The number of H-pyrrole nitrogens is 1. The van der Waals surface area contributed by atoms with Gasteiger partial charge in [0.2, 0.25) is 10.0 Å². The molecule has 0 aliphatic carbocycles. The van der Waals surface area contributed by atoms with Gasteiger partial charge in [-0.3, -0.25) is 9.78 Å². The Labute approximate surface area is 130 Å². The number of aromatic amines is 1. The van der Waals surface area contributed by atoms with E-state index < -0.39 is 10.0 Å². The summed E-state index contributed by atoms with van der Waals surface area (Å²) in [4.78, 5) is 0.317. The molecule has 2 aromatic rings. The van der Waals surface area contributed by atoms with Gasteiger partial charge in [-0.15, -0.1) is 0 Å². The molecule has 1 aliphatic rings. The zero-order chi connectivity index (χ0) is 15.7. The number of nitrogens with zero attached hydrogens (tertiary/aromatic N) is 4. The lowest BCUT2D eigenvalue weighted by Gasteiger charge is -2.31. The molecule has 120 valence electrons. The van der Waals surface area contributed by atoms with Crippen LogP contribution >= 0.6 is 0 Å². The van der Waals surface area contributed by atoms with Crippen LogP contribution in [0, 0.1) is 12.8 Å². The van der Waals surface area contributed by atoms with Crippen LogP contribution in [0.2, 0.25) is 0 Å². The Hall–Kier alpha value is -1.67. The van der Waals surface area contributed by atoms with Gasteiger partial charge in [0.05, 0.1) is 5.69 Å². The van der Waals surface area contributed by atoms with E-state index in [4.69, 9.17) is 0 Å².